The summed E-state index contributed by atoms with van der Waals surface area (Å²) < 4.78 is 0. The first-order valence-corrected chi connectivity index (χ1v) is 6.79. The van der Waals surface area contributed by atoms with Crippen LogP contribution >= 0.6 is 0 Å². The number of likely N-dealkylation sites (N-methyl/N-ethyl adjacent to an activating group) is 1. The van der Waals surface area contributed by atoms with Crippen molar-refractivity contribution in [1.29, 1.82) is 0 Å². The minimum atomic E-state index is -0.944. The van der Waals surface area contributed by atoms with Crippen LogP contribution in [0.1, 0.15) is 29.8 Å². The highest BCUT2D eigenvalue weighted by molar-refractivity contribution is 6.45. The Kier molecular flexibility index (Phi) is 4.16. The van der Waals surface area contributed by atoms with Gasteiger partial charge in [0.15, 0.2) is 5.78 Å². The average molecular weight is 288 g/mol. The number of amides is 4. The second-order valence-corrected chi connectivity index (χ2v) is 4.70. The van der Waals surface area contributed by atoms with Crippen molar-refractivity contribution in [3.8, 4) is 0 Å². The molecule has 0 N–H and O–H groups in total. The summed E-state index contributed by atoms with van der Waals surface area (Å²) in [5.74, 6) is -2.19. The van der Waals surface area contributed by atoms with E-state index in [1.807, 2.05) is 19.1 Å². The molecule has 4 amide bonds. The van der Waals surface area contributed by atoms with Crippen LogP contribution in [0.4, 0.5) is 4.79 Å². The third-order valence-electron chi connectivity index (χ3n) is 3.44. The van der Waals surface area contributed by atoms with Crippen molar-refractivity contribution in [3.05, 3.63) is 35.4 Å². The van der Waals surface area contributed by atoms with Gasteiger partial charge in [-0.1, -0.05) is 31.2 Å². The fourth-order valence-electron chi connectivity index (χ4n) is 2.13. The number of Topliss-reactive ketones (excluding diaryl/α,β-unsaturated/α-hetero) is 1. The van der Waals surface area contributed by atoms with Gasteiger partial charge in [0, 0.05) is 12.1 Å². The van der Waals surface area contributed by atoms with Crippen molar-refractivity contribution in [1.82, 2.24) is 9.80 Å². The number of hydrogen-bond donors (Lipinski definition) is 0. The first kappa shape index (κ1) is 14.9. The monoisotopic (exact) mass is 288 g/mol. The molecule has 0 aromatic heterocycles. The maximum atomic E-state index is 12.1. The number of nitrogens with zero attached hydrogens (tertiary/aromatic N) is 2. The summed E-state index contributed by atoms with van der Waals surface area (Å²) in [7, 11) is 0. The number of benzene rings is 1. The van der Waals surface area contributed by atoms with E-state index in [1.165, 1.54) is 0 Å². The van der Waals surface area contributed by atoms with Gasteiger partial charge in [-0.3, -0.25) is 19.3 Å². The van der Waals surface area contributed by atoms with Crippen molar-refractivity contribution in [2.45, 2.75) is 20.3 Å². The molecule has 6 nitrogen and oxygen atoms in total. The first-order valence-electron chi connectivity index (χ1n) is 6.79. The molecule has 2 rings (SSSR count). The van der Waals surface area contributed by atoms with Crippen LogP contribution in [0.2, 0.25) is 0 Å². The third kappa shape index (κ3) is 2.69. The van der Waals surface area contributed by atoms with E-state index in [-0.39, 0.29) is 12.3 Å². The number of ketones is 1. The van der Waals surface area contributed by atoms with Gasteiger partial charge in [0.05, 0.1) is 6.54 Å². The van der Waals surface area contributed by atoms with Crippen LogP contribution < -0.4 is 0 Å². The summed E-state index contributed by atoms with van der Waals surface area (Å²) in [5, 5.41) is 0. The normalized spacial score (nSPS) is 15.0. The Morgan fingerprint density at radius 2 is 1.52 bits per heavy atom. The lowest BCUT2D eigenvalue weighted by atomic mass is 10.1. The Balaban J connectivity index is 2.13. The molecule has 0 bridgehead atoms. The van der Waals surface area contributed by atoms with E-state index in [0.29, 0.717) is 10.5 Å². The van der Waals surface area contributed by atoms with Crippen LogP contribution in [-0.2, 0) is 16.0 Å². The molecular formula is C15H16N2O4. The van der Waals surface area contributed by atoms with Crippen LogP contribution in [0.25, 0.3) is 0 Å². The highest BCUT2D eigenvalue weighted by Gasteiger charge is 2.44. The fourth-order valence-corrected chi connectivity index (χ4v) is 2.13. The average Bonchev–Trinajstić information content (AvgIpc) is 2.70. The predicted molar refractivity (Wildman–Crippen MR) is 74.6 cm³/mol. The summed E-state index contributed by atoms with van der Waals surface area (Å²) in [4.78, 5) is 48.8. The Bertz CT molecular complexity index is 607. The molecule has 1 heterocycles. The lowest BCUT2D eigenvalue weighted by molar-refractivity contribution is -0.143. The zero-order valence-electron chi connectivity index (χ0n) is 12.0. The maximum Gasteiger partial charge on any atom is 0.334 e. The maximum absolute atomic E-state index is 12.1. The van der Waals surface area contributed by atoms with Gasteiger partial charge in [-0.05, 0) is 18.9 Å². The van der Waals surface area contributed by atoms with Crippen molar-refractivity contribution >= 4 is 23.6 Å². The molecule has 0 saturated carbocycles. The Labute approximate surface area is 122 Å². The van der Waals surface area contributed by atoms with E-state index < -0.39 is 24.4 Å². The van der Waals surface area contributed by atoms with E-state index in [0.717, 1.165) is 16.9 Å². The summed E-state index contributed by atoms with van der Waals surface area (Å²) >= 11 is 0. The Hall–Kier alpha value is -2.50. The van der Waals surface area contributed by atoms with E-state index in [1.54, 1.807) is 19.1 Å². The van der Waals surface area contributed by atoms with Gasteiger partial charge in [-0.25, -0.2) is 9.69 Å². The molecule has 21 heavy (non-hydrogen) atoms. The lowest BCUT2D eigenvalue weighted by Crippen LogP contribution is -2.36. The second-order valence-electron chi connectivity index (χ2n) is 4.70. The molecule has 0 unspecified atom stereocenters. The number of carbonyl (C=O) groups is 4. The minimum Gasteiger partial charge on any atom is -0.292 e. The molecule has 1 fully saturated rings. The number of imide groups is 2. The topological polar surface area (TPSA) is 74.8 Å². The lowest BCUT2D eigenvalue weighted by Gasteiger charge is -2.13. The number of carbonyl (C=O) groups excluding carboxylic acids is 4. The van der Waals surface area contributed by atoms with Crippen LogP contribution in [0.5, 0.6) is 0 Å². The summed E-state index contributed by atoms with van der Waals surface area (Å²) in [5.41, 5.74) is 1.50. The van der Waals surface area contributed by atoms with Gasteiger partial charge in [0.2, 0.25) is 0 Å². The third-order valence-corrected chi connectivity index (χ3v) is 3.44. The van der Waals surface area contributed by atoms with Gasteiger partial charge >= 0.3 is 17.8 Å². The minimum absolute atomic E-state index is 0.110. The molecule has 1 aliphatic rings. The molecule has 1 aromatic rings. The van der Waals surface area contributed by atoms with Gasteiger partial charge in [0.25, 0.3) is 0 Å². The molecule has 110 valence electrons. The van der Waals surface area contributed by atoms with Crippen molar-refractivity contribution in [2.75, 3.05) is 13.1 Å². The second kappa shape index (κ2) is 5.87. The number of hydrogen-bond acceptors (Lipinski definition) is 4. The van der Waals surface area contributed by atoms with E-state index in [2.05, 4.69) is 0 Å². The highest BCUT2D eigenvalue weighted by atomic mass is 16.2. The van der Waals surface area contributed by atoms with Crippen molar-refractivity contribution in [2.24, 2.45) is 0 Å². The van der Waals surface area contributed by atoms with Crippen LogP contribution in [0.15, 0.2) is 24.3 Å². The predicted octanol–water partition coefficient (Wildman–Crippen LogP) is 1.24. The van der Waals surface area contributed by atoms with E-state index in [4.69, 9.17) is 0 Å². The van der Waals surface area contributed by atoms with E-state index >= 15 is 0 Å². The smallest absolute Gasteiger partial charge is 0.292 e. The molecule has 1 aromatic carbocycles. The highest BCUT2D eigenvalue weighted by Crippen LogP contribution is 2.13. The zero-order valence-corrected chi connectivity index (χ0v) is 12.0. The summed E-state index contributed by atoms with van der Waals surface area (Å²) in [6.07, 6.45) is 0.859. The molecule has 0 aliphatic carbocycles. The number of aryl methyl sites for hydroxylation is 1. The molecular weight excluding hydrogens is 272 g/mol. The SMILES string of the molecule is CCc1ccc(C(=O)CN2C(=O)C(=O)N(CC)C2=O)cc1. The standard InChI is InChI=1S/C15H16N2O4/c1-3-10-5-7-11(8-6-10)12(18)9-17-14(20)13(19)16(4-2)15(17)21/h5-8H,3-4,9H2,1-2H3. The van der Waals surface area contributed by atoms with Crippen molar-refractivity contribution in [3.63, 3.8) is 0 Å². The molecule has 1 saturated heterocycles. The largest absolute Gasteiger partial charge is 0.334 e. The Morgan fingerprint density at radius 1 is 0.952 bits per heavy atom. The van der Waals surface area contributed by atoms with Gasteiger partial charge in [-0.15, -0.1) is 0 Å². The van der Waals surface area contributed by atoms with Crippen LogP contribution in [-0.4, -0.2) is 46.5 Å². The first-order chi connectivity index (χ1) is 9.99. The van der Waals surface area contributed by atoms with Crippen LogP contribution in [0.3, 0.4) is 0 Å². The number of rotatable bonds is 5. The molecule has 0 radical (unpaired) electrons. The van der Waals surface area contributed by atoms with E-state index in [9.17, 15) is 19.2 Å². The van der Waals surface area contributed by atoms with Crippen LogP contribution in [0, 0.1) is 0 Å². The van der Waals surface area contributed by atoms with Gasteiger partial charge in [-0.2, -0.15) is 0 Å². The summed E-state index contributed by atoms with van der Waals surface area (Å²) in [6.45, 7) is 3.30. The fraction of sp³-hybridized carbons (Fsp3) is 0.333. The quantitative estimate of drug-likeness (QED) is 0.464. The molecule has 6 heteroatoms. The molecule has 1 aliphatic heterocycles. The van der Waals surface area contributed by atoms with Crippen molar-refractivity contribution < 1.29 is 19.2 Å². The van der Waals surface area contributed by atoms with Gasteiger partial charge in [0.1, 0.15) is 0 Å². The summed E-state index contributed by atoms with van der Waals surface area (Å²) in [6, 6.07) is 6.23. The molecule has 0 atom stereocenters. The number of urea groups is 1. The molecule has 0 spiro atoms. The Morgan fingerprint density at radius 3 is 2.00 bits per heavy atom. The zero-order chi connectivity index (χ0) is 15.6. The van der Waals surface area contributed by atoms with Gasteiger partial charge < -0.3 is 0 Å².